The highest BCUT2D eigenvalue weighted by atomic mass is 35.5. The summed E-state index contributed by atoms with van der Waals surface area (Å²) in [5.41, 5.74) is 1.56. The smallest absolute Gasteiger partial charge is 0.238 e. The van der Waals surface area contributed by atoms with Crippen LogP contribution < -0.4 is 4.90 Å². The minimum Gasteiger partial charge on any atom is -0.332 e. The van der Waals surface area contributed by atoms with Gasteiger partial charge in [0.1, 0.15) is 0 Å². The average Bonchev–Trinajstić information content (AvgIpc) is 3.56. The van der Waals surface area contributed by atoms with Crippen molar-refractivity contribution in [1.29, 1.82) is 0 Å². The molecule has 178 valence electrons. The highest BCUT2D eigenvalue weighted by molar-refractivity contribution is 8.00. The lowest BCUT2D eigenvalue weighted by atomic mass is 9.68. The number of carbonyl (C=O) groups excluding carboxylic acids is 2. The molecular weight excluding hydrogens is 563 g/mol. The van der Waals surface area contributed by atoms with Crippen LogP contribution in [0.25, 0.3) is 0 Å². The number of benzene rings is 2. The Morgan fingerprint density at radius 1 is 0.971 bits per heavy atom. The molecule has 2 saturated carbocycles. The largest absolute Gasteiger partial charge is 0.332 e. The van der Waals surface area contributed by atoms with Crippen LogP contribution in [-0.4, -0.2) is 22.0 Å². The minimum atomic E-state index is -0.320. The summed E-state index contributed by atoms with van der Waals surface area (Å²) in [4.78, 5) is 33.3. The number of anilines is 1. The Hall–Kier alpha value is -1.35. The molecule has 2 bridgehead atoms. The van der Waals surface area contributed by atoms with Crippen molar-refractivity contribution >= 4 is 87.6 Å². The van der Waals surface area contributed by atoms with E-state index in [2.05, 4.69) is 4.98 Å². The summed E-state index contributed by atoms with van der Waals surface area (Å²) in [6.45, 7) is 0. The van der Waals surface area contributed by atoms with E-state index in [1.54, 1.807) is 53.4 Å². The number of fused-ring (bicyclic) bond motifs is 9. The minimum absolute atomic E-state index is 0.0242. The van der Waals surface area contributed by atoms with E-state index in [1.165, 1.54) is 4.90 Å². The maximum absolute atomic E-state index is 13.8. The van der Waals surface area contributed by atoms with Crippen LogP contribution in [0.2, 0.25) is 15.1 Å². The standard InChI is InChI=1S/C25H17Cl3N2O2S3/c26-9-4-6-10(7-5-9)30-23(31)17-12-8-13(18(17)24(30)32)20-16(12)15(11-2-1-3-14(27)19(11)28)21-22(34-20)29-25(33)35-21/h1-7,12-13,15-18,20H,8H2,(H,29,33). The van der Waals surface area contributed by atoms with Crippen molar-refractivity contribution in [1.82, 2.24) is 4.98 Å². The molecule has 4 aliphatic rings. The summed E-state index contributed by atoms with van der Waals surface area (Å²) in [7, 11) is 0. The summed E-state index contributed by atoms with van der Waals surface area (Å²) in [6, 6.07) is 12.7. The quantitative estimate of drug-likeness (QED) is 0.253. The molecule has 2 amide bonds. The van der Waals surface area contributed by atoms with E-state index in [4.69, 9.17) is 47.0 Å². The maximum Gasteiger partial charge on any atom is 0.238 e. The number of carbonyl (C=O) groups is 2. The van der Waals surface area contributed by atoms with Crippen molar-refractivity contribution in [2.45, 2.75) is 22.6 Å². The number of nitrogens with one attached hydrogen (secondary N) is 1. The predicted octanol–water partition coefficient (Wildman–Crippen LogP) is 7.44. The van der Waals surface area contributed by atoms with E-state index in [0.717, 1.165) is 25.8 Å². The molecule has 1 aromatic heterocycles. The van der Waals surface area contributed by atoms with E-state index < -0.39 is 0 Å². The first-order chi connectivity index (χ1) is 16.8. The lowest BCUT2D eigenvalue weighted by Gasteiger charge is -2.43. The van der Waals surface area contributed by atoms with Crippen molar-refractivity contribution in [2.75, 3.05) is 4.90 Å². The molecule has 2 aliphatic carbocycles. The zero-order valence-electron chi connectivity index (χ0n) is 17.9. The van der Waals surface area contributed by atoms with Crippen LogP contribution in [0.4, 0.5) is 5.69 Å². The lowest BCUT2D eigenvalue weighted by Crippen LogP contribution is -2.42. The van der Waals surface area contributed by atoms with Gasteiger partial charge in [0.05, 0.1) is 32.6 Å². The molecule has 35 heavy (non-hydrogen) atoms. The van der Waals surface area contributed by atoms with Gasteiger partial charge in [0.15, 0.2) is 3.95 Å². The second-order valence-corrected chi connectivity index (χ2v) is 13.7. The first-order valence-electron chi connectivity index (χ1n) is 11.3. The van der Waals surface area contributed by atoms with Crippen LogP contribution >= 0.6 is 70.1 Å². The van der Waals surface area contributed by atoms with Crippen molar-refractivity contribution in [3.8, 4) is 0 Å². The third kappa shape index (κ3) is 3.15. The van der Waals surface area contributed by atoms with Crippen LogP contribution in [0, 0.1) is 33.5 Å². The van der Waals surface area contributed by atoms with E-state index >= 15 is 0 Å². The highest BCUT2D eigenvalue weighted by Gasteiger charge is 2.69. The van der Waals surface area contributed by atoms with Gasteiger partial charge in [0, 0.05) is 21.1 Å². The van der Waals surface area contributed by atoms with Gasteiger partial charge in [0.2, 0.25) is 11.8 Å². The molecule has 2 aromatic carbocycles. The molecule has 4 nitrogen and oxygen atoms in total. The number of thiazole rings is 1. The fourth-order valence-corrected chi connectivity index (χ4v) is 10.8. The number of imide groups is 1. The molecule has 0 radical (unpaired) electrons. The number of hydrogen-bond acceptors (Lipinski definition) is 5. The highest BCUT2D eigenvalue weighted by Crippen LogP contribution is 2.69. The van der Waals surface area contributed by atoms with Gasteiger partial charge in [-0.05, 0) is 72.3 Å². The number of amides is 2. The third-order valence-electron chi connectivity index (χ3n) is 8.13. The van der Waals surface area contributed by atoms with Crippen molar-refractivity contribution in [3.05, 3.63) is 71.9 Å². The zero-order chi connectivity index (χ0) is 24.2. The maximum atomic E-state index is 13.8. The summed E-state index contributed by atoms with van der Waals surface area (Å²) >= 11 is 28.1. The van der Waals surface area contributed by atoms with E-state index in [9.17, 15) is 9.59 Å². The van der Waals surface area contributed by atoms with Crippen LogP contribution in [0.5, 0.6) is 0 Å². The van der Waals surface area contributed by atoms with Crippen LogP contribution in [0.3, 0.4) is 0 Å². The van der Waals surface area contributed by atoms with E-state index in [-0.39, 0.29) is 52.6 Å². The van der Waals surface area contributed by atoms with Crippen molar-refractivity contribution < 1.29 is 9.59 Å². The predicted molar refractivity (Wildman–Crippen MR) is 143 cm³/mol. The van der Waals surface area contributed by atoms with Gasteiger partial charge in [0.25, 0.3) is 0 Å². The molecule has 1 saturated heterocycles. The molecule has 3 fully saturated rings. The van der Waals surface area contributed by atoms with Crippen LogP contribution in [0.15, 0.2) is 47.5 Å². The summed E-state index contributed by atoms with van der Waals surface area (Å²) in [5.74, 6) is -0.460. The molecule has 3 aromatic rings. The molecule has 2 aliphatic heterocycles. The lowest BCUT2D eigenvalue weighted by molar-refractivity contribution is -0.123. The number of nitrogens with zero attached hydrogens (tertiary/aromatic N) is 1. The van der Waals surface area contributed by atoms with Crippen LogP contribution in [0.1, 0.15) is 22.8 Å². The van der Waals surface area contributed by atoms with Crippen molar-refractivity contribution in [2.24, 2.45) is 29.6 Å². The number of halogens is 3. The molecule has 10 heteroatoms. The van der Waals surface area contributed by atoms with Gasteiger partial charge in [-0.3, -0.25) is 14.5 Å². The summed E-state index contributed by atoms with van der Waals surface area (Å²) < 4.78 is 0.722. The molecule has 7 rings (SSSR count). The first kappa shape index (κ1) is 22.8. The average molecular weight is 580 g/mol. The molecule has 7 unspecified atom stereocenters. The van der Waals surface area contributed by atoms with Gasteiger partial charge in [-0.25, -0.2) is 0 Å². The van der Waals surface area contributed by atoms with Gasteiger partial charge >= 0.3 is 0 Å². The molecule has 7 atom stereocenters. The van der Waals surface area contributed by atoms with Gasteiger partial charge in [-0.2, -0.15) is 0 Å². The Balaban J connectivity index is 1.35. The van der Waals surface area contributed by atoms with Gasteiger partial charge in [-0.1, -0.05) is 46.9 Å². The SMILES string of the molecule is O=C1C2C3CC(C2C(=O)N1c1ccc(Cl)cc1)C1C(c2cccc(Cl)c2Cl)c2sc(=S)[nH]c2SC31. The number of aromatic amines is 1. The van der Waals surface area contributed by atoms with Gasteiger partial charge < -0.3 is 4.98 Å². The molecule has 3 heterocycles. The number of thioether (sulfide) groups is 1. The Morgan fingerprint density at radius 3 is 2.43 bits per heavy atom. The van der Waals surface area contributed by atoms with E-state index in [1.807, 2.05) is 12.1 Å². The Morgan fingerprint density at radius 2 is 1.69 bits per heavy atom. The van der Waals surface area contributed by atoms with E-state index in [0.29, 0.717) is 20.8 Å². The molecule has 0 spiro atoms. The fraction of sp³-hybridized carbons (Fsp3) is 0.320. The van der Waals surface area contributed by atoms with Crippen molar-refractivity contribution in [3.63, 3.8) is 0 Å². The number of aromatic nitrogens is 1. The summed E-state index contributed by atoms with van der Waals surface area (Å²) in [6.07, 6.45) is 0.869. The zero-order valence-corrected chi connectivity index (χ0v) is 22.6. The third-order valence-corrected chi connectivity index (χ3v) is 12.2. The normalized spacial score (nSPS) is 32.7. The number of H-pyrrole nitrogens is 1. The topological polar surface area (TPSA) is 53.2 Å². The second-order valence-electron chi connectivity index (χ2n) is 9.59. The number of hydrogen-bond donors (Lipinski definition) is 1. The van der Waals surface area contributed by atoms with Gasteiger partial charge in [-0.15, -0.1) is 23.1 Å². The number of rotatable bonds is 2. The molecule has 1 N–H and O–H groups in total. The summed E-state index contributed by atoms with van der Waals surface area (Å²) in [5, 5.41) is 2.88. The second kappa shape index (κ2) is 8.07. The Bertz CT molecular complexity index is 1470. The Kier molecular flexibility index (Phi) is 5.26. The van der Waals surface area contributed by atoms with Crippen LogP contribution in [-0.2, 0) is 9.59 Å². The monoisotopic (exact) mass is 578 g/mol. The Labute approximate surface area is 230 Å². The first-order valence-corrected chi connectivity index (χ1v) is 14.6. The fourth-order valence-electron chi connectivity index (χ4n) is 6.97. The molecular formula is C25H17Cl3N2O2S3.